The van der Waals surface area contributed by atoms with E-state index < -0.39 is 0 Å². The SMILES string of the molecule is CC1(C)c2ccccc2-c2c(N(c3ccc(-c4ccccc4)cc3)c3ccc(-c4ccccc4)cc3)ccc(-c3ccc(-n4c5ccccc5c5ccccc54)cc3)c21. The Morgan fingerprint density at radius 3 is 1.39 bits per heavy atom. The Kier molecular flexibility index (Phi) is 8.20. The molecule has 2 nitrogen and oxygen atoms in total. The molecule has 0 radical (unpaired) electrons. The van der Waals surface area contributed by atoms with E-state index in [0.29, 0.717) is 0 Å². The van der Waals surface area contributed by atoms with Crippen LogP contribution >= 0.6 is 0 Å². The lowest BCUT2D eigenvalue weighted by Gasteiger charge is -2.30. The van der Waals surface area contributed by atoms with Crippen LogP contribution in [0.1, 0.15) is 25.0 Å². The van der Waals surface area contributed by atoms with Gasteiger partial charge in [0.15, 0.2) is 0 Å². The second kappa shape index (κ2) is 13.9. The molecular weight excluding hydrogens is 713 g/mol. The first-order valence-electron chi connectivity index (χ1n) is 20.5. The van der Waals surface area contributed by atoms with Gasteiger partial charge >= 0.3 is 0 Å². The van der Waals surface area contributed by atoms with Gasteiger partial charge in [0, 0.05) is 38.8 Å². The lowest BCUT2D eigenvalue weighted by atomic mass is 9.78. The fraction of sp³-hybridized carbons (Fsp3) is 0.0526. The van der Waals surface area contributed by atoms with E-state index >= 15 is 0 Å². The lowest BCUT2D eigenvalue weighted by Crippen LogP contribution is -2.17. The summed E-state index contributed by atoms with van der Waals surface area (Å²) >= 11 is 0. The van der Waals surface area contributed by atoms with Gasteiger partial charge < -0.3 is 9.47 Å². The quantitative estimate of drug-likeness (QED) is 0.157. The minimum Gasteiger partial charge on any atom is -0.310 e. The number of rotatable bonds is 7. The number of aromatic nitrogens is 1. The maximum atomic E-state index is 2.45. The van der Waals surface area contributed by atoms with E-state index in [-0.39, 0.29) is 5.41 Å². The first-order chi connectivity index (χ1) is 29.0. The molecule has 0 unspecified atom stereocenters. The number of hydrogen-bond donors (Lipinski definition) is 0. The van der Waals surface area contributed by atoms with Gasteiger partial charge in [-0.15, -0.1) is 0 Å². The molecule has 1 heterocycles. The summed E-state index contributed by atoms with van der Waals surface area (Å²) in [6.45, 7) is 4.79. The van der Waals surface area contributed by atoms with Gasteiger partial charge in [-0.05, 0) is 105 Å². The molecule has 1 aliphatic carbocycles. The molecule has 11 rings (SSSR count). The molecule has 2 heteroatoms. The smallest absolute Gasteiger partial charge is 0.0543 e. The summed E-state index contributed by atoms with van der Waals surface area (Å²) < 4.78 is 2.39. The van der Waals surface area contributed by atoms with Crippen molar-refractivity contribution in [3.8, 4) is 50.2 Å². The van der Waals surface area contributed by atoms with Crippen molar-refractivity contribution in [2.24, 2.45) is 0 Å². The van der Waals surface area contributed by atoms with E-state index in [0.717, 1.165) is 17.1 Å². The summed E-state index contributed by atoms with van der Waals surface area (Å²) in [5, 5.41) is 2.54. The molecule has 10 aromatic rings. The molecule has 59 heavy (non-hydrogen) atoms. The van der Waals surface area contributed by atoms with Gasteiger partial charge in [0.1, 0.15) is 0 Å². The van der Waals surface area contributed by atoms with Gasteiger partial charge in [-0.2, -0.15) is 0 Å². The number of benzene rings is 9. The third kappa shape index (κ3) is 5.71. The van der Waals surface area contributed by atoms with Crippen molar-refractivity contribution in [2.45, 2.75) is 19.3 Å². The Balaban J connectivity index is 1.09. The van der Waals surface area contributed by atoms with Crippen LogP contribution in [0.5, 0.6) is 0 Å². The zero-order chi connectivity index (χ0) is 39.5. The normalized spacial score (nSPS) is 12.7. The highest BCUT2D eigenvalue weighted by atomic mass is 15.1. The molecule has 0 N–H and O–H groups in total. The maximum Gasteiger partial charge on any atom is 0.0543 e. The summed E-state index contributed by atoms with van der Waals surface area (Å²) in [5.74, 6) is 0. The Morgan fingerprint density at radius 2 is 0.831 bits per heavy atom. The highest BCUT2D eigenvalue weighted by molar-refractivity contribution is 6.09. The van der Waals surface area contributed by atoms with E-state index in [1.54, 1.807) is 0 Å². The number of para-hydroxylation sites is 2. The average molecular weight is 755 g/mol. The Labute approximate surface area is 345 Å². The van der Waals surface area contributed by atoms with Crippen molar-refractivity contribution in [3.05, 3.63) is 230 Å². The number of fused-ring (bicyclic) bond motifs is 6. The molecule has 0 saturated carbocycles. The Morgan fingerprint density at radius 1 is 0.373 bits per heavy atom. The van der Waals surface area contributed by atoms with Crippen LogP contribution in [0.3, 0.4) is 0 Å². The first kappa shape index (κ1) is 34.8. The standard InChI is InChI=1S/C57H42N2/c1-57(2)51-22-12-9-21-50(51)55-54(38-37-47(56(55)57)43-29-35-46(36-30-43)59-52-23-13-10-19-48(52)49-20-11-14-24-53(49)59)58(44-31-25-41(26-32-44)39-15-5-3-6-16-39)45-33-27-42(28-34-45)40-17-7-4-8-18-40/h3-38H,1-2H3. The van der Waals surface area contributed by atoms with Crippen molar-refractivity contribution in [1.29, 1.82) is 0 Å². The Hall–Kier alpha value is -7.42. The second-order valence-corrected chi connectivity index (χ2v) is 16.1. The van der Waals surface area contributed by atoms with Crippen LogP contribution in [0, 0.1) is 0 Å². The fourth-order valence-corrected chi connectivity index (χ4v) is 9.61. The minimum absolute atomic E-state index is 0.233. The fourth-order valence-electron chi connectivity index (χ4n) is 9.61. The summed E-state index contributed by atoms with van der Waals surface area (Å²) in [6, 6.07) is 79.7. The van der Waals surface area contributed by atoms with E-state index in [1.165, 1.54) is 83.1 Å². The van der Waals surface area contributed by atoms with Gasteiger partial charge in [-0.3, -0.25) is 0 Å². The molecule has 9 aromatic carbocycles. The van der Waals surface area contributed by atoms with Gasteiger partial charge in [0.05, 0.1) is 16.7 Å². The Bertz CT molecular complexity index is 3000. The zero-order valence-corrected chi connectivity index (χ0v) is 33.2. The van der Waals surface area contributed by atoms with Crippen LogP contribution in [0.25, 0.3) is 72.0 Å². The van der Waals surface area contributed by atoms with Gasteiger partial charge in [0.2, 0.25) is 0 Å². The predicted molar refractivity (Wildman–Crippen MR) is 249 cm³/mol. The average Bonchev–Trinajstić information content (AvgIpc) is 3.76. The van der Waals surface area contributed by atoms with Crippen molar-refractivity contribution < 1.29 is 0 Å². The van der Waals surface area contributed by atoms with E-state index in [9.17, 15) is 0 Å². The van der Waals surface area contributed by atoms with Crippen molar-refractivity contribution >= 4 is 38.9 Å². The van der Waals surface area contributed by atoms with Crippen molar-refractivity contribution in [3.63, 3.8) is 0 Å². The van der Waals surface area contributed by atoms with Crippen LogP contribution in [-0.2, 0) is 5.41 Å². The van der Waals surface area contributed by atoms with Crippen LogP contribution < -0.4 is 4.90 Å². The highest BCUT2D eigenvalue weighted by Crippen LogP contribution is 2.57. The minimum atomic E-state index is -0.233. The molecule has 0 aliphatic heterocycles. The number of anilines is 3. The molecule has 0 amide bonds. The van der Waals surface area contributed by atoms with Crippen LogP contribution in [0.15, 0.2) is 218 Å². The molecule has 0 saturated heterocycles. The molecule has 1 aromatic heterocycles. The third-order valence-electron chi connectivity index (χ3n) is 12.4. The lowest BCUT2D eigenvalue weighted by molar-refractivity contribution is 0.662. The monoisotopic (exact) mass is 754 g/mol. The van der Waals surface area contributed by atoms with Crippen LogP contribution in [-0.4, -0.2) is 4.57 Å². The second-order valence-electron chi connectivity index (χ2n) is 16.1. The van der Waals surface area contributed by atoms with Crippen molar-refractivity contribution in [1.82, 2.24) is 4.57 Å². The van der Waals surface area contributed by atoms with Gasteiger partial charge in [0.25, 0.3) is 0 Å². The van der Waals surface area contributed by atoms with Gasteiger partial charge in [-0.1, -0.05) is 178 Å². The van der Waals surface area contributed by atoms with E-state index in [1.807, 2.05) is 0 Å². The van der Waals surface area contributed by atoms with Gasteiger partial charge in [-0.25, -0.2) is 0 Å². The predicted octanol–water partition coefficient (Wildman–Crippen LogP) is 15.6. The first-order valence-corrected chi connectivity index (χ1v) is 20.5. The summed E-state index contributed by atoms with van der Waals surface area (Å²) in [5.41, 5.74) is 19.3. The van der Waals surface area contributed by atoms with Crippen LogP contribution in [0.2, 0.25) is 0 Å². The molecule has 0 fully saturated rings. The third-order valence-corrected chi connectivity index (χ3v) is 12.4. The molecular formula is C57H42N2. The largest absolute Gasteiger partial charge is 0.310 e. The molecule has 0 bridgehead atoms. The molecule has 0 atom stereocenters. The molecule has 0 spiro atoms. The van der Waals surface area contributed by atoms with Crippen LogP contribution in [0.4, 0.5) is 17.1 Å². The zero-order valence-electron chi connectivity index (χ0n) is 33.2. The van der Waals surface area contributed by atoms with E-state index in [2.05, 4.69) is 242 Å². The van der Waals surface area contributed by atoms with E-state index in [4.69, 9.17) is 0 Å². The number of hydrogen-bond acceptors (Lipinski definition) is 1. The van der Waals surface area contributed by atoms with Crippen molar-refractivity contribution in [2.75, 3.05) is 4.90 Å². The highest BCUT2D eigenvalue weighted by Gasteiger charge is 2.40. The number of nitrogens with zero attached hydrogens (tertiary/aromatic N) is 2. The molecule has 280 valence electrons. The summed E-state index contributed by atoms with van der Waals surface area (Å²) in [6.07, 6.45) is 0. The maximum absolute atomic E-state index is 2.45. The molecule has 1 aliphatic rings. The summed E-state index contributed by atoms with van der Waals surface area (Å²) in [7, 11) is 0. The summed E-state index contributed by atoms with van der Waals surface area (Å²) in [4.78, 5) is 2.45. The topological polar surface area (TPSA) is 8.17 Å².